The molecule has 0 atom stereocenters. The second kappa shape index (κ2) is 6.34. The van der Waals surface area contributed by atoms with Crippen molar-refractivity contribution < 1.29 is 4.52 Å². The Morgan fingerprint density at radius 1 is 1.19 bits per heavy atom. The molecule has 7 nitrogen and oxygen atoms in total. The van der Waals surface area contributed by atoms with Crippen molar-refractivity contribution in [3.05, 3.63) is 24.4 Å². The van der Waals surface area contributed by atoms with Crippen LogP contribution in [0.25, 0.3) is 0 Å². The zero-order chi connectivity index (χ0) is 14.7. The maximum absolute atomic E-state index is 5.42. The summed E-state index contributed by atoms with van der Waals surface area (Å²) in [5.74, 6) is 2.37. The van der Waals surface area contributed by atoms with Crippen LogP contribution < -0.4 is 0 Å². The third-order valence-corrected chi connectivity index (χ3v) is 4.05. The number of aromatic nitrogens is 5. The maximum atomic E-state index is 5.42. The van der Waals surface area contributed by atoms with Crippen LogP contribution in [0.3, 0.4) is 0 Å². The summed E-state index contributed by atoms with van der Waals surface area (Å²) in [6.07, 6.45) is 5.70. The zero-order valence-electron chi connectivity index (χ0n) is 12.6. The number of hydrogen-bond acceptors (Lipinski definition) is 6. The van der Waals surface area contributed by atoms with E-state index >= 15 is 0 Å². The molecular formula is C14H22N6O. The van der Waals surface area contributed by atoms with E-state index in [0.29, 0.717) is 11.8 Å². The molecule has 1 aliphatic heterocycles. The quantitative estimate of drug-likeness (QED) is 0.834. The molecule has 0 N–H and O–H groups in total. The van der Waals surface area contributed by atoms with Crippen LogP contribution in [0.15, 0.2) is 17.2 Å². The van der Waals surface area contributed by atoms with Gasteiger partial charge in [-0.15, -0.1) is 10.2 Å². The van der Waals surface area contributed by atoms with Crippen LogP contribution in [-0.2, 0) is 6.54 Å². The van der Waals surface area contributed by atoms with Gasteiger partial charge < -0.3 is 14.0 Å². The summed E-state index contributed by atoms with van der Waals surface area (Å²) < 4.78 is 7.43. The summed E-state index contributed by atoms with van der Waals surface area (Å²) in [5, 5.41) is 11.7. The first-order valence-corrected chi connectivity index (χ1v) is 7.60. The van der Waals surface area contributed by atoms with Gasteiger partial charge in [-0.2, -0.15) is 4.98 Å². The van der Waals surface area contributed by atoms with Gasteiger partial charge in [0, 0.05) is 24.9 Å². The summed E-state index contributed by atoms with van der Waals surface area (Å²) in [6.45, 7) is 8.30. The molecule has 0 radical (unpaired) electrons. The van der Waals surface area contributed by atoms with Crippen LogP contribution in [0.5, 0.6) is 0 Å². The lowest BCUT2D eigenvalue weighted by Gasteiger charge is -2.30. The van der Waals surface area contributed by atoms with Crippen molar-refractivity contribution in [2.75, 3.05) is 19.6 Å². The first kappa shape index (κ1) is 14.2. The smallest absolute Gasteiger partial charge is 0.229 e. The number of piperidine rings is 1. The van der Waals surface area contributed by atoms with E-state index in [9.17, 15) is 0 Å². The van der Waals surface area contributed by atoms with Crippen LogP contribution >= 0.6 is 0 Å². The molecule has 114 valence electrons. The third kappa shape index (κ3) is 3.47. The minimum atomic E-state index is 0.325. The molecule has 7 heteroatoms. The molecule has 2 aromatic rings. The Balaban J connectivity index is 1.48. The number of rotatable bonds is 5. The lowest BCUT2D eigenvalue weighted by Crippen LogP contribution is -2.35. The summed E-state index contributed by atoms with van der Waals surface area (Å²) in [4.78, 5) is 7.00. The highest BCUT2D eigenvalue weighted by atomic mass is 16.5. The van der Waals surface area contributed by atoms with Gasteiger partial charge in [-0.25, -0.2) is 0 Å². The van der Waals surface area contributed by atoms with Crippen molar-refractivity contribution in [2.45, 2.75) is 45.1 Å². The maximum Gasteiger partial charge on any atom is 0.229 e. The van der Waals surface area contributed by atoms with Crippen LogP contribution in [0.4, 0.5) is 0 Å². The van der Waals surface area contributed by atoms with Crippen LogP contribution in [0, 0.1) is 0 Å². The van der Waals surface area contributed by atoms with Gasteiger partial charge in [-0.3, -0.25) is 0 Å². The van der Waals surface area contributed by atoms with Gasteiger partial charge >= 0.3 is 0 Å². The van der Waals surface area contributed by atoms with E-state index in [-0.39, 0.29) is 0 Å². The zero-order valence-corrected chi connectivity index (χ0v) is 12.6. The third-order valence-electron chi connectivity index (χ3n) is 4.05. The summed E-state index contributed by atoms with van der Waals surface area (Å²) in [7, 11) is 0. The van der Waals surface area contributed by atoms with Crippen molar-refractivity contribution in [2.24, 2.45) is 0 Å². The van der Waals surface area contributed by atoms with E-state index < -0.39 is 0 Å². The average Bonchev–Trinajstić information content (AvgIpc) is 3.17. The molecule has 1 saturated heterocycles. The van der Waals surface area contributed by atoms with E-state index in [1.807, 2.05) is 4.57 Å². The Hall–Kier alpha value is -1.76. The lowest BCUT2D eigenvalue weighted by atomic mass is 9.97. The van der Waals surface area contributed by atoms with Gasteiger partial charge in [0.05, 0.1) is 0 Å². The second-order valence-electron chi connectivity index (χ2n) is 5.96. The molecule has 0 saturated carbocycles. The normalized spacial score (nSPS) is 17.7. The molecular weight excluding hydrogens is 268 g/mol. The van der Waals surface area contributed by atoms with Crippen molar-refractivity contribution in [1.29, 1.82) is 0 Å². The minimum absolute atomic E-state index is 0.325. The second-order valence-corrected chi connectivity index (χ2v) is 5.96. The van der Waals surface area contributed by atoms with Crippen molar-refractivity contribution >= 4 is 0 Å². The largest absolute Gasteiger partial charge is 0.339 e. The highest BCUT2D eigenvalue weighted by Gasteiger charge is 2.25. The van der Waals surface area contributed by atoms with E-state index in [2.05, 4.69) is 39.1 Å². The summed E-state index contributed by atoms with van der Waals surface area (Å²) >= 11 is 0. The van der Waals surface area contributed by atoms with Crippen LogP contribution in [-0.4, -0.2) is 49.4 Å². The SMILES string of the molecule is CC(C)c1noc(C2CCN(CCn3cnnc3)CC2)n1. The van der Waals surface area contributed by atoms with Crippen molar-refractivity contribution in [3.8, 4) is 0 Å². The molecule has 0 unspecified atom stereocenters. The van der Waals surface area contributed by atoms with Gasteiger partial charge in [-0.1, -0.05) is 19.0 Å². The molecule has 0 amide bonds. The van der Waals surface area contributed by atoms with E-state index in [1.54, 1.807) is 12.7 Å². The Labute approximate surface area is 124 Å². The van der Waals surface area contributed by atoms with E-state index in [0.717, 1.165) is 50.7 Å². The van der Waals surface area contributed by atoms with Gasteiger partial charge in [0.25, 0.3) is 0 Å². The Bertz CT molecular complexity index is 542. The monoisotopic (exact) mass is 290 g/mol. The molecule has 3 heterocycles. The van der Waals surface area contributed by atoms with Crippen LogP contribution in [0.1, 0.15) is 50.2 Å². The molecule has 0 spiro atoms. The predicted octanol–water partition coefficient (Wildman–Crippen LogP) is 1.66. The Morgan fingerprint density at radius 3 is 2.52 bits per heavy atom. The van der Waals surface area contributed by atoms with E-state index in [1.165, 1.54) is 0 Å². The fourth-order valence-electron chi connectivity index (χ4n) is 2.65. The first-order valence-electron chi connectivity index (χ1n) is 7.60. The topological polar surface area (TPSA) is 72.9 Å². The molecule has 1 fully saturated rings. The standard InChI is InChI=1S/C14H22N6O/c1-11(2)13-17-14(21-18-13)12-3-5-19(6-4-12)7-8-20-9-15-16-10-20/h9-12H,3-8H2,1-2H3. The highest BCUT2D eigenvalue weighted by Crippen LogP contribution is 2.27. The molecule has 21 heavy (non-hydrogen) atoms. The van der Waals surface area contributed by atoms with Crippen LogP contribution in [0.2, 0.25) is 0 Å². The van der Waals surface area contributed by atoms with E-state index in [4.69, 9.17) is 4.52 Å². The summed E-state index contributed by atoms with van der Waals surface area (Å²) in [5.41, 5.74) is 0. The molecule has 3 rings (SSSR count). The Kier molecular flexibility index (Phi) is 4.28. The molecule has 0 aliphatic carbocycles. The first-order chi connectivity index (χ1) is 10.2. The van der Waals surface area contributed by atoms with Gasteiger partial charge in [0.1, 0.15) is 12.7 Å². The fraction of sp³-hybridized carbons (Fsp3) is 0.714. The number of likely N-dealkylation sites (tertiary alicyclic amines) is 1. The molecule has 0 aromatic carbocycles. The lowest BCUT2D eigenvalue weighted by molar-refractivity contribution is 0.188. The number of nitrogens with zero attached hydrogens (tertiary/aromatic N) is 6. The van der Waals surface area contributed by atoms with Gasteiger partial charge in [0.15, 0.2) is 5.82 Å². The summed E-state index contributed by atoms with van der Waals surface area (Å²) in [6, 6.07) is 0. The average molecular weight is 290 g/mol. The van der Waals surface area contributed by atoms with Crippen molar-refractivity contribution in [3.63, 3.8) is 0 Å². The minimum Gasteiger partial charge on any atom is -0.339 e. The molecule has 0 bridgehead atoms. The predicted molar refractivity (Wildman–Crippen MR) is 76.8 cm³/mol. The molecule has 1 aliphatic rings. The van der Waals surface area contributed by atoms with Gasteiger partial charge in [0.2, 0.25) is 5.89 Å². The Morgan fingerprint density at radius 2 is 1.90 bits per heavy atom. The van der Waals surface area contributed by atoms with Crippen molar-refractivity contribution in [1.82, 2.24) is 29.8 Å². The van der Waals surface area contributed by atoms with Gasteiger partial charge in [-0.05, 0) is 25.9 Å². The molecule has 2 aromatic heterocycles. The highest BCUT2D eigenvalue weighted by molar-refractivity contribution is 4.98. The fourth-order valence-corrected chi connectivity index (χ4v) is 2.65. The number of hydrogen-bond donors (Lipinski definition) is 0.